The smallest absolute Gasteiger partial charge is 0.198 e. The summed E-state index contributed by atoms with van der Waals surface area (Å²) in [7, 11) is -7.97. The lowest BCUT2D eigenvalue weighted by Crippen LogP contribution is -2.51. The van der Waals surface area contributed by atoms with E-state index in [1.54, 1.807) is 24.3 Å². The van der Waals surface area contributed by atoms with Gasteiger partial charge in [0.15, 0.2) is 23.8 Å². The van der Waals surface area contributed by atoms with E-state index < -0.39 is 23.8 Å². The topological polar surface area (TPSA) is 68.3 Å². The van der Waals surface area contributed by atoms with Crippen LogP contribution in [0.25, 0.3) is 0 Å². The van der Waals surface area contributed by atoms with Crippen LogP contribution in [0.5, 0.6) is 0 Å². The third-order valence-corrected chi connectivity index (χ3v) is 10.6. The van der Waals surface area contributed by atoms with Crippen LogP contribution in [0.3, 0.4) is 0 Å². The number of hydrogen-bond acceptors (Lipinski definition) is 4. The minimum atomic E-state index is -3.98. The molecular formula is C18H20O4S2. The standard InChI is InChI=1S/C18H20O4S2/c1-14-4-8-16(9-5-14)23(19,20)18(12-3-13-18)24(21,22)17-10-6-15(2)7-11-17/h4-11H,3,12-13H2,1-2H3. The molecule has 24 heavy (non-hydrogen) atoms. The van der Waals surface area contributed by atoms with Crippen LogP contribution in [0.1, 0.15) is 30.4 Å². The van der Waals surface area contributed by atoms with Crippen LogP contribution < -0.4 is 0 Å². The second-order valence-corrected chi connectivity index (χ2v) is 11.2. The summed E-state index contributed by atoms with van der Waals surface area (Å²) in [6.07, 6.45) is 0.870. The predicted molar refractivity (Wildman–Crippen MR) is 93.3 cm³/mol. The molecule has 1 fully saturated rings. The largest absolute Gasteiger partial charge is 0.222 e. The highest BCUT2D eigenvalue weighted by molar-refractivity contribution is 8.10. The third-order valence-electron chi connectivity index (χ3n) is 4.76. The molecule has 1 saturated carbocycles. The van der Waals surface area contributed by atoms with Crippen LogP contribution in [-0.4, -0.2) is 20.9 Å². The zero-order valence-electron chi connectivity index (χ0n) is 13.7. The summed E-state index contributed by atoms with van der Waals surface area (Å²) in [4.78, 5) is 0.145. The van der Waals surface area contributed by atoms with Crippen LogP contribution >= 0.6 is 0 Å². The van der Waals surface area contributed by atoms with Gasteiger partial charge in [0.1, 0.15) is 0 Å². The first-order valence-corrected chi connectivity index (χ1v) is 10.8. The van der Waals surface area contributed by atoms with Gasteiger partial charge in [0.25, 0.3) is 0 Å². The minimum absolute atomic E-state index is 0.0727. The molecule has 0 atom stereocenters. The lowest BCUT2D eigenvalue weighted by atomic mass is 9.99. The summed E-state index contributed by atoms with van der Waals surface area (Å²) in [5.41, 5.74) is 1.86. The minimum Gasteiger partial charge on any atom is -0.222 e. The van der Waals surface area contributed by atoms with Gasteiger partial charge >= 0.3 is 0 Å². The maximum Gasteiger partial charge on any atom is 0.198 e. The van der Waals surface area contributed by atoms with Gasteiger partial charge in [0.2, 0.25) is 0 Å². The third kappa shape index (κ3) is 2.40. The zero-order valence-corrected chi connectivity index (χ0v) is 15.3. The molecule has 0 N–H and O–H groups in total. The van der Waals surface area contributed by atoms with Crippen LogP contribution in [0.15, 0.2) is 58.3 Å². The van der Waals surface area contributed by atoms with E-state index >= 15 is 0 Å². The molecule has 0 unspecified atom stereocenters. The molecule has 2 aromatic rings. The Hall–Kier alpha value is -1.66. The predicted octanol–water partition coefficient (Wildman–Crippen LogP) is 3.43. The van der Waals surface area contributed by atoms with Crippen molar-refractivity contribution >= 4 is 19.7 Å². The average molecular weight is 364 g/mol. The first-order chi connectivity index (χ1) is 11.2. The molecule has 1 aliphatic rings. The van der Waals surface area contributed by atoms with E-state index in [9.17, 15) is 16.8 Å². The Morgan fingerprint density at radius 1 is 0.667 bits per heavy atom. The Morgan fingerprint density at radius 3 is 1.25 bits per heavy atom. The van der Waals surface area contributed by atoms with Gasteiger partial charge in [-0.3, -0.25) is 0 Å². The van der Waals surface area contributed by atoms with E-state index in [1.165, 1.54) is 24.3 Å². The Balaban J connectivity index is 2.15. The fourth-order valence-electron chi connectivity index (χ4n) is 3.01. The molecule has 0 bridgehead atoms. The SMILES string of the molecule is Cc1ccc(S(=O)(=O)C2(S(=O)(=O)c3ccc(C)cc3)CCC2)cc1. The van der Waals surface area contributed by atoms with Crippen molar-refractivity contribution in [2.45, 2.75) is 47.0 Å². The number of hydrogen-bond donors (Lipinski definition) is 0. The van der Waals surface area contributed by atoms with E-state index in [0.29, 0.717) is 6.42 Å². The van der Waals surface area contributed by atoms with Gasteiger partial charge in [-0.05, 0) is 57.4 Å². The summed E-state index contributed by atoms with van der Waals surface area (Å²) in [5, 5.41) is 0. The Morgan fingerprint density at radius 2 is 1.00 bits per heavy atom. The van der Waals surface area contributed by atoms with Crippen LogP contribution in [-0.2, 0) is 19.7 Å². The lowest BCUT2D eigenvalue weighted by molar-refractivity contribution is 0.415. The van der Waals surface area contributed by atoms with E-state index in [-0.39, 0.29) is 22.6 Å². The lowest BCUT2D eigenvalue weighted by Gasteiger charge is -2.40. The molecule has 0 heterocycles. The molecule has 2 aromatic carbocycles. The highest BCUT2D eigenvalue weighted by Crippen LogP contribution is 2.49. The van der Waals surface area contributed by atoms with Crippen molar-refractivity contribution in [1.29, 1.82) is 0 Å². The number of rotatable bonds is 4. The van der Waals surface area contributed by atoms with Gasteiger partial charge in [-0.15, -0.1) is 0 Å². The van der Waals surface area contributed by atoms with Crippen LogP contribution in [0.4, 0.5) is 0 Å². The van der Waals surface area contributed by atoms with Gasteiger partial charge in [-0.25, -0.2) is 16.8 Å². The number of benzene rings is 2. The van der Waals surface area contributed by atoms with Crippen molar-refractivity contribution in [2.24, 2.45) is 0 Å². The van der Waals surface area contributed by atoms with E-state index in [4.69, 9.17) is 0 Å². The molecule has 6 heteroatoms. The molecule has 4 nitrogen and oxygen atoms in total. The van der Waals surface area contributed by atoms with Gasteiger partial charge in [-0.2, -0.15) is 0 Å². The molecule has 1 aliphatic carbocycles. The van der Waals surface area contributed by atoms with Crippen molar-refractivity contribution < 1.29 is 16.8 Å². The Bertz CT molecular complexity index is 873. The van der Waals surface area contributed by atoms with Crippen LogP contribution in [0, 0.1) is 13.8 Å². The normalized spacial score (nSPS) is 17.2. The van der Waals surface area contributed by atoms with Gasteiger partial charge in [0.05, 0.1) is 9.79 Å². The van der Waals surface area contributed by atoms with E-state index in [2.05, 4.69) is 0 Å². The van der Waals surface area contributed by atoms with Crippen molar-refractivity contribution in [3.05, 3.63) is 59.7 Å². The van der Waals surface area contributed by atoms with Crippen molar-refractivity contribution in [1.82, 2.24) is 0 Å². The molecule has 0 aromatic heterocycles. The fourth-order valence-corrected chi connectivity index (χ4v) is 8.24. The monoisotopic (exact) mass is 364 g/mol. The summed E-state index contributed by atoms with van der Waals surface area (Å²) in [6.45, 7) is 3.72. The molecule has 0 saturated heterocycles. The van der Waals surface area contributed by atoms with Crippen molar-refractivity contribution in [3.63, 3.8) is 0 Å². The average Bonchev–Trinajstić information content (AvgIpc) is 2.46. The molecule has 0 amide bonds. The molecule has 0 spiro atoms. The van der Waals surface area contributed by atoms with Crippen LogP contribution in [0.2, 0.25) is 0 Å². The number of aryl methyl sites for hydroxylation is 2. The Kier molecular flexibility index (Phi) is 4.08. The first kappa shape index (κ1) is 17.2. The zero-order chi connectivity index (χ0) is 17.6. The summed E-state index contributed by atoms with van der Waals surface area (Å²) >= 11 is 0. The van der Waals surface area contributed by atoms with E-state index in [1.807, 2.05) is 13.8 Å². The molecule has 0 aliphatic heterocycles. The van der Waals surface area contributed by atoms with Gasteiger partial charge in [0, 0.05) is 0 Å². The fraction of sp³-hybridized carbons (Fsp3) is 0.333. The highest BCUT2D eigenvalue weighted by atomic mass is 32.3. The molecule has 128 valence electrons. The Labute approximate surface area is 143 Å². The van der Waals surface area contributed by atoms with Gasteiger partial charge < -0.3 is 0 Å². The maximum absolute atomic E-state index is 13.2. The van der Waals surface area contributed by atoms with E-state index in [0.717, 1.165) is 11.1 Å². The van der Waals surface area contributed by atoms with Gasteiger partial charge in [-0.1, -0.05) is 35.4 Å². The first-order valence-electron chi connectivity index (χ1n) is 7.83. The van der Waals surface area contributed by atoms with Crippen molar-refractivity contribution in [3.8, 4) is 0 Å². The summed E-state index contributed by atoms with van der Waals surface area (Å²) < 4.78 is 50.9. The number of sulfone groups is 2. The maximum atomic E-state index is 13.2. The van der Waals surface area contributed by atoms with Crippen molar-refractivity contribution in [2.75, 3.05) is 0 Å². The molecule has 3 rings (SSSR count). The molecular weight excluding hydrogens is 344 g/mol. The second-order valence-electron chi connectivity index (χ2n) is 6.40. The molecule has 0 radical (unpaired) electrons. The summed E-state index contributed by atoms with van der Waals surface area (Å²) in [5.74, 6) is 0. The second kappa shape index (κ2) is 5.70. The highest BCUT2D eigenvalue weighted by Gasteiger charge is 2.59. The quantitative estimate of drug-likeness (QED) is 0.833. The summed E-state index contributed by atoms with van der Waals surface area (Å²) in [6, 6.07) is 12.8.